The number of hydrogen-bond acceptors (Lipinski definition) is 4. The van der Waals surface area contributed by atoms with Gasteiger partial charge in [-0.15, -0.1) is 0 Å². The minimum atomic E-state index is -0.937. The number of aromatic nitrogens is 1. The molecule has 2 amide bonds. The maximum Gasteiger partial charge on any atom is 0.303 e. The summed E-state index contributed by atoms with van der Waals surface area (Å²) < 4.78 is 1.97. The number of hydrogen-bond donors (Lipinski definition) is 1. The van der Waals surface area contributed by atoms with Gasteiger partial charge in [0.05, 0.1) is 4.91 Å². The van der Waals surface area contributed by atoms with E-state index >= 15 is 0 Å². The molecule has 0 spiro atoms. The second kappa shape index (κ2) is 6.52. The van der Waals surface area contributed by atoms with Gasteiger partial charge >= 0.3 is 5.97 Å². The van der Waals surface area contributed by atoms with E-state index in [1.165, 1.54) is 0 Å². The molecule has 124 valence electrons. The average molecular weight is 344 g/mol. The number of carbonyl (C=O) groups is 3. The number of amides is 2. The summed E-state index contributed by atoms with van der Waals surface area (Å²) in [7, 11) is 1.93. The number of carboxylic acid groups (broad SMARTS) is 1. The van der Waals surface area contributed by atoms with Crippen molar-refractivity contribution >= 4 is 45.9 Å². The van der Waals surface area contributed by atoms with Crippen LogP contribution in [-0.4, -0.2) is 38.2 Å². The summed E-state index contributed by atoms with van der Waals surface area (Å²) in [6.45, 7) is 0.129. The van der Waals surface area contributed by atoms with E-state index in [9.17, 15) is 14.4 Å². The van der Waals surface area contributed by atoms with Crippen molar-refractivity contribution < 1.29 is 19.5 Å². The Morgan fingerprint density at radius 2 is 2.04 bits per heavy atom. The fourth-order valence-electron chi connectivity index (χ4n) is 2.71. The molecular formula is C17H16N2O4S. The van der Waals surface area contributed by atoms with Crippen molar-refractivity contribution in [3.8, 4) is 0 Å². The van der Waals surface area contributed by atoms with Gasteiger partial charge in [-0.1, -0.05) is 18.2 Å². The van der Waals surface area contributed by atoms with Gasteiger partial charge in [0.1, 0.15) is 0 Å². The zero-order valence-corrected chi connectivity index (χ0v) is 13.9. The lowest BCUT2D eigenvalue weighted by molar-refractivity contribution is -0.137. The molecule has 0 saturated carbocycles. The Balaban J connectivity index is 1.84. The van der Waals surface area contributed by atoms with Crippen LogP contribution >= 0.6 is 11.8 Å². The van der Waals surface area contributed by atoms with Crippen molar-refractivity contribution in [3.63, 3.8) is 0 Å². The Labute approximate surface area is 142 Å². The van der Waals surface area contributed by atoms with Gasteiger partial charge in [0, 0.05) is 42.7 Å². The number of imide groups is 1. The third-order valence-electron chi connectivity index (χ3n) is 3.86. The first-order valence-corrected chi connectivity index (χ1v) is 8.30. The van der Waals surface area contributed by atoms with Crippen LogP contribution in [0, 0.1) is 0 Å². The number of nitrogens with zero attached hydrogens (tertiary/aromatic N) is 2. The molecule has 7 heteroatoms. The van der Waals surface area contributed by atoms with E-state index in [2.05, 4.69) is 0 Å². The molecule has 1 aliphatic heterocycles. The Morgan fingerprint density at radius 1 is 1.29 bits per heavy atom. The zero-order valence-electron chi connectivity index (χ0n) is 13.1. The van der Waals surface area contributed by atoms with Crippen LogP contribution in [0.15, 0.2) is 35.4 Å². The first-order chi connectivity index (χ1) is 11.5. The van der Waals surface area contributed by atoms with Crippen LogP contribution in [0.5, 0.6) is 0 Å². The molecule has 0 bridgehead atoms. The first kappa shape index (κ1) is 16.3. The van der Waals surface area contributed by atoms with Crippen molar-refractivity contribution in [1.82, 2.24) is 9.47 Å². The molecule has 6 nitrogen and oxygen atoms in total. The number of carbonyl (C=O) groups excluding carboxylic acids is 2. The molecule has 24 heavy (non-hydrogen) atoms. The maximum absolute atomic E-state index is 12.4. The van der Waals surface area contributed by atoms with E-state index in [1.807, 2.05) is 42.1 Å². The lowest BCUT2D eigenvalue weighted by Crippen LogP contribution is -2.29. The Kier molecular flexibility index (Phi) is 4.44. The highest BCUT2D eigenvalue weighted by atomic mass is 32.2. The van der Waals surface area contributed by atoms with E-state index < -0.39 is 5.97 Å². The molecule has 1 aromatic heterocycles. The van der Waals surface area contributed by atoms with Crippen LogP contribution in [0.3, 0.4) is 0 Å². The Morgan fingerprint density at radius 3 is 2.79 bits per heavy atom. The summed E-state index contributed by atoms with van der Waals surface area (Å²) in [5.41, 5.74) is 1.92. The monoisotopic (exact) mass is 344 g/mol. The quantitative estimate of drug-likeness (QED) is 0.843. The van der Waals surface area contributed by atoms with Gasteiger partial charge in [-0.2, -0.15) is 0 Å². The fourth-order valence-corrected chi connectivity index (χ4v) is 3.57. The highest BCUT2D eigenvalue weighted by molar-refractivity contribution is 8.18. The van der Waals surface area contributed by atoms with E-state index in [0.717, 1.165) is 33.1 Å². The summed E-state index contributed by atoms with van der Waals surface area (Å²) in [5.74, 6) is -1.29. The molecule has 0 radical (unpaired) electrons. The molecule has 2 aromatic rings. The predicted molar refractivity (Wildman–Crippen MR) is 92.5 cm³/mol. The summed E-state index contributed by atoms with van der Waals surface area (Å²) in [6, 6.07) is 7.84. The van der Waals surface area contributed by atoms with E-state index in [0.29, 0.717) is 4.91 Å². The largest absolute Gasteiger partial charge is 0.481 e. The van der Waals surface area contributed by atoms with Crippen molar-refractivity contribution in [1.29, 1.82) is 0 Å². The minimum absolute atomic E-state index is 0.0654. The average Bonchev–Trinajstić information content (AvgIpc) is 2.99. The number of para-hydroxylation sites is 1. The van der Waals surface area contributed by atoms with E-state index in [1.54, 1.807) is 6.08 Å². The maximum atomic E-state index is 12.4. The Bertz CT molecular complexity index is 869. The minimum Gasteiger partial charge on any atom is -0.481 e. The van der Waals surface area contributed by atoms with Gasteiger partial charge in [-0.25, -0.2) is 0 Å². The third kappa shape index (κ3) is 3.07. The number of carboxylic acids is 1. The first-order valence-electron chi connectivity index (χ1n) is 7.48. The number of aliphatic carboxylic acids is 1. The Hall–Kier alpha value is -2.54. The molecular weight excluding hydrogens is 328 g/mol. The zero-order chi connectivity index (χ0) is 17.3. The number of rotatable bonds is 5. The van der Waals surface area contributed by atoms with Gasteiger partial charge in [0.25, 0.3) is 11.1 Å². The normalized spacial score (nSPS) is 16.5. The number of fused-ring (bicyclic) bond motifs is 1. The summed E-state index contributed by atoms with van der Waals surface area (Å²) >= 11 is 0.895. The lowest BCUT2D eigenvalue weighted by atomic mass is 10.1. The summed E-state index contributed by atoms with van der Waals surface area (Å²) in [5, 5.41) is 9.32. The fraction of sp³-hybridized carbons (Fsp3) is 0.235. The predicted octanol–water partition coefficient (Wildman–Crippen LogP) is 3.08. The second-order valence-electron chi connectivity index (χ2n) is 5.54. The van der Waals surface area contributed by atoms with Gasteiger partial charge in [0.2, 0.25) is 0 Å². The van der Waals surface area contributed by atoms with Crippen LogP contribution in [-0.2, 0) is 16.6 Å². The molecule has 1 aliphatic rings. The van der Waals surface area contributed by atoms with Crippen LogP contribution in [0.25, 0.3) is 17.0 Å². The smallest absolute Gasteiger partial charge is 0.303 e. The lowest BCUT2D eigenvalue weighted by Gasteiger charge is -2.10. The van der Waals surface area contributed by atoms with Crippen LogP contribution in [0.1, 0.15) is 18.4 Å². The molecule has 0 aliphatic carbocycles. The van der Waals surface area contributed by atoms with E-state index in [-0.39, 0.29) is 30.5 Å². The number of thioether (sulfide) groups is 1. The van der Waals surface area contributed by atoms with Crippen molar-refractivity contribution in [3.05, 3.63) is 40.9 Å². The third-order valence-corrected chi connectivity index (χ3v) is 4.77. The van der Waals surface area contributed by atoms with Gasteiger partial charge in [-0.3, -0.25) is 19.3 Å². The van der Waals surface area contributed by atoms with Crippen molar-refractivity contribution in [2.75, 3.05) is 6.54 Å². The van der Waals surface area contributed by atoms with Crippen LogP contribution < -0.4 is 0 Å². The molecule has 0 atom stereocenters. The van der Waals surface area contributed by atoms with E-state index in [4.69, 9.17) is 5.11 Å². The highest BCUT2D eigenvalue weighted by Crippen LogP contribution is 2.34. The molecule has 1 aromatic carbocycles. The number of aryl methyl sites for hydroxylation is 1. The molecule has 1 fully saturated rings. The highest BCUT2D eigenvalue weighted by Gasteiger charge is 2.34. The SMILES string of the molecule is Cn1cc(/C=C2/SC(=O)N(CCCC(=O)O)C2=O)c2ccccc21. The second-order valence-corrected chi connectivity index (χ2v) is 6.54. The van der Waals surface area contributed by atoms with Gasteiger partial charge in [-0.05, 0) is 30.3 Å². The van der Waals surface area contributed by atoms with Crippen LogP contribution in [0.2, 0.25) is 0 Å². The van der Waals surface area contributed by atoms with Crippen molar-refractivity contribution in [2.45, 2.75) is 12.8 Å². The molecule has 1 saturated heterocycles. The van der Waals surface area contributed by atoms with Crippen molar-refractivity contribution in [2.24, 2.45) is 7.05 Å². The molecule has 0 unspecified atom stereocenters. The molecule has 2 heterocycles. The number of benzene rings is 1. The standard InChI is InChI=1S/C17H16N2O4S/c1-18-10-11(12-5-2-3-6-13(12)18)9-14-16(22)19(17(23)24-14)8-4-7-15(20)21/h2-3,5-6,9-10H,4,7-8H2,1H3,(H,20,21)/b14-9+. The molecule has 3 rings (SSSR count). The topological polar surface area (TPSA) is 79.6 Å². The van der Waals surface area contributed by atoms with Gasteiger partial charge in [0.15, 0.2) is 0 Å². The summed E-state index contributed by atoms with van der Waals surface area (Å²) in [6.07, 6.45) is 3.84. The van der Waals surface area contributed by atoms with Gasteiger partial charge < -0.3 is 9.67 Å². The summed E-state index contributed by atoms with van der Waals surface area (Å²) in [4.78, 5) is 36.4. The van der Waals surface area contributed by atoms with Crippen LogP contribution in [0.4, 0.5) is 4.79 Å². The molecule has 1 N–H and O–H groups in total.